The van der Waals surface area contributed by atoms with E-state index in [1.165, 1.54) is 0 Å². The van der Waals surface area contributed by atoms with Gasteiger partial charge < -0.3 is 59.3 Å². The monoisotopic (exact) mass is 567 g/mol. The molecule has 2 saturated heterocycles. The van der Waals surface area contributed by atoms with Gasteiger partial charge in [-0.3, -0.25) is 19.2 Å². The number of esters is 3. The predicted octanol–water partition coefficient (Wildman–Crippen LogP) is -3.84. The lowest BCUT2D eigenvalue weighted by Gasteiger charge is -2.48. The molecule has 0 aromatic heterocycles. The van der Waals surface area contributed by atoms with Crippen LogP contribution in [0.4, 0.5) is 0 Å². The van der Waals surface area contributed by atoms with Crippen LogP contribution in [0.2, 0.25) is 0 Å². The first-order chi connectivity index (χ1) is 18.2. The minimum absolute atomic E-state index is 0.627. The van der Waals surface area contributed by atoms with Crippen molar-refractivity contribution in [3.63, 3.8) is 0 Å². The van der Waals surface area contributed by atoms with Gasteiger partial charge in [-0.05, 0) is 0 Å². The molecular weight excluding hydrogens is 534 g/mol. The fraction of sp³-hybridized carbons (Fsp3) is 0.773. The minimum Gasteiger partial charge on any atom is -0.480 e. The molecule has 0 bridgehead atoms. The zero-order valence-corrected chi connectivity index (χ0v) is 21.5. The van der Waals surface area contributed by atoms with Crippen molar-refractivity contribution in [3.8, 4) is 0 Å². The molecule has 2 aliphatic rings. The molecular formula is C22H33NO16. The number of amides is 1. The normalized spacial score (nSPS) is 35.3. The van der Waals surface area contributed by atoms with Gasteiger partial charge in [0.25, 0.3) is 0 Å². The molecule has 39 heavy (non-hydrogen) atoms. The Morgan fingerprint density at radius 2 is 1.38 bits per heavy atom. The number of aliphatic hydroxyl groups excluding tert-OH is 4. The van der Waals surface area contributed by atoms with E-state index in [0.717, 1.165) is 27.7 Å². The summed E-state index contributed by atoms with van der Waals surface area (Å²) in [6.45, 7) is 2.57. The number of rotatable bonds is 10. The largest absolute Gasteiger partial charge is 0.480 e. The number of carboxylic acids is 1. The Bertz CT molecular complexity index is 910. The summed E-state index contributed by atoms with van der Waals surface area (Å²) in [6, 6.07) is -1.90. The number of aliphatic carboxylic acids is 1. The molecule has 11 atom stereocenters. The smallest absolute Gasteiger partial charge is 0.326 e. The van der Waals surface area contributed by atoms with Crippen LogP contribution in [0.15, 0.2) is 0 Å². The second-order valence-corrected chi connectivity index (χ2v) is 8.92. The van der Waals surface area contributed by atoms with Gasteiger partial charge in [0.1, 0.15) is 55.4 Å². The second kappa shape index (κ2) is 13.9. The van der Waals surface area contributed by atoms with Gasteiger partial charge in [-0.25, -0.2) is 4.79 Å². The number of hydrogen-bond acceptors (Lipinski definition) is 15. The van der Waals surface area contributed by atoms with Crippen molar-refractivity contribution in [2.24, 2.45) is 5.92 Å². The SMILES string of the molecule is CC(=O)N[C@H](C(=O)O)[C@H]1[C@H](OC(C)=O)O[C@H](COC(C)=O)[C@@H](O[C@@H]2O[C@H](CO)[C@H](O)[C@H](O)[C@H]2O)[C@@H]1OC(C)=O. The fourth-order valence-corrected chi connectivity index (χ4v) is 4.25. The zero-order valence-electron chi connectivity index (χ0n) is 21.5. The quantitative estimate of drug-likeness (QED) is 0.109. The molecule has 0 saturated carbocycles. The zero-order chi connectivity index (χ0) is 29.6. The Hall–Kier alpha value is -2.93. The third-order valence-electron chi connectivity index (χ3n) is 5.88. The maximum atomic E-state index is 12.2. The van der Waals surface area contributed by atoms with Crippen molar-refractivity contribution in [3.05, 3.63) is 0 Å². The number of carbonyl (C=O) groups is 5. The van der Waals surface area contributed by atoms with Gasteiger partial charge in [-0.15, -0.1) is 0 Å². The molecule has 0 unspecified atom stereocenters. The fourth-order valence-electron chi connectivity index (χ4n) is 4.25. The Labute approximate surface area is 221 Å². The molecule has 6 N–H and O–H groups in total. The summed E-state index contributed by atoms with van der Waals surface area (Å²) in [4.78, 5) is 59.5. The lowest BCUT2D eigenvalue weighted by Crippen LogP contribution is -2.67. The highest BCUT2D eigenvalue weighted by molar-refractivity contribution is 5.82. The number of hydrogen-bond donors (Lipinski definition) is 6. The Morgan fingerprint density at radius 1 is 0.795 bits per heavy atom. The first kappa shape index (κ1) is 32.3. The molecule has 0 aromatic rings. The van der Waals surface area contributed by atoms with Crippen molar-refractivity contribution in [2.45, 2.75) is 89.0 Å². The van der Waals surface area contributed by atoms with E-state index < -0.39 is 110 Å². The van der Waals surface area contributed by atoms with Crippen LogP contribution in [0.5, 0.6) is 0 Å². The Balaban J connectivity index is 2.62. The first-order valence-corrected chi connectivity index (χ1v) is 11.8. The molecule has 222 valence electrons. The number of carbonyl (C=O) groups excluding carboxylic acids is 4. The van der Waals surface area contributed by atoms with E-state index in [4.69, 9.17) is 28.4 Å². The summed E-state index contributed by atoms with van der Waals surface area (Å²) in [5.74, 6) is -6.85. The highest BCUT2D eigenvalue weighted by Gasteiger charge is 2.57. The molecule has 2 rings (SSSR count). The van der Waals surface area contributed by atoms with Gasteiger partial charge >= 0.3 is 23.9 Å². The van der Waals surface area contributed by atoms with E-state index in [-0.39, 0.29) is 0 Å². The maximum absolute atomic E-state index is 12.2. The van der Waals surface area contributed by atoms with E-state index >= 15 is 0 Å². The number of nitrogens with one attached hydrogen (secondary N) is 1. The van der Waals surface area contributed by atoms with Crippen molar-refractivity contribution in [2.75, 3.05) is 13.2 Å². The summed E-state index contributed by atoms with van der Waals surface area (Å²) in [5, 5.41) is 52.3. The Morgan fingerprint density at radius 3 is 1.87 bits per heavy atom. The van der Waals surface area contributed by atoms with Crippen LogP contribution in [0, 0.1) is 5.92 Å². The van der Waals surface area contributed by atoms with E-state index in [9.17, 15) is 49.5 Å². The summed E-state index contributed by atoms with van der Waals surface area (Å²) < 4.78 is 32.3. The van der Waals surface area contributed by atoms with E-state index in [2.05, 4.69) is 5.32 Å². The summed E-state index contributed by atoms with van der Waals surface area (Å²) in [6.07, 6.45) is -15.5. The average Bonchev–Trinajstić information content (AvgIpc) is 2.82. The van der Waals surface area contributed by atoms with Crippen LogP contribution in [-0.4, -0.2) is 130 Å². The van der Waals surface area contributed by atoms with E-state index in [0.29, 0.717) is 0 Å². The highest BCUT2D eigenvalue weighted by Crippen LogP contribution is 2.36. The predicted molar refractivity (Wildman–Crippen MR) is 120 cm³/mol. The molecule has 1 amide bonds. The molecule has 0 aromatic carbocycles. The second-order valence-electron chi connectivity index (χ2n) is 8.92. The van der Waals surface area contributed by atoms with Crippen LogP contribution < -0.4 is 5.32 Å². The Kier molecular flexibility index (Phi) is 11.5. The van der Waals surface area contributed by atoms with Crippen molar-refractivity contribution >= 4 is 29.8 Å². The third kappa shape index (κ3) is 8.28. The standard InChI is InChI=1S/C22H33NO16/c1-7(25)23-14(20(32)33)13-19(35-9(3)27)18(12(6-34-8(2)26)38-21(13)36-10(4)28)39-22-17(31)16(30)15(29)11(5-24)37-22/h11-19,21-22,24,29-31H,5-6H2,1-4H3,(H,23,25)(H,32,33)/t11-,12-,13-,14+,15+,16+,17-,18-,19-,21-,22+/m1/s1. The molecule has 2 fully saturated rings. The molecule has 0 aliphatic carbocycles. The van der Waals surface area contributed by atoms with Gasteiger partial charge in [-0.2, -0.15) is 0 Å². The van der Waals surface area contributed by atoms with Gasteiger partial charge in [-0.1, -0.05) is 0 Å². The highest BCUT2D eigenvalue weighted by atomic mass is 16.7. The van der Waals surface area contributed by atoms with Crippen molar-refractivity contribution in [1.29, 1.82) is 0 Å². The molecule has 0 radical (unpaired) electrons. The lowest BCUT2D eigenvalue weighted by molar-refractivity contribution is -0.352. The molecule has 2 heterocycles. The van der Waals surface area contributed by atoms with Gasteiger partial charge in [0.2, 0.25) is 12.2 Å². The van der Waals surface area contributed by atoms with Gasteiger partial charge in [0.15, 0.2) is 6.29 Å². The van der Waals surface area contributed by atoms with Crippen molar-refractivity contribution in [1.82, 2.24) is 5.32 Å². The van der Waals surface area contributed by atoms with E-state index in [1.54, 1.807) is 0 Å². The minimum atomic E-state index is -1.94. The van der Waals surface area contributed by atoms with Crippen LogP contribution in [0.3, 0.4) is 0 Å². The maximum Gasteiger partial charge on any atom is 0.326 e. The summed E-state index contributed by atoms with van der Waals surface area (Å²) in [5.41, 5.74) is 0. The topological polar surface area (TPSA) is 254 Å². The van der Waals surface area contributed by atoms with Crippen LogP contribution in [-0.2, 0) is 52.4 Å². The summed E-state index contributed by atoms with van der Waals surface area (Å²) in [7, 11) is 0. The number of ether oxygens (including phenoxy) is 6. The van der Waals surface area contributed by atoms with Gasteiger partial charge in [0, 0.05) is 27.7 Å². The van der Waals surface area contributed by atoms with Gasteiger partial charge in [0.05, 0.1) is 12.5 Å². The van der Waals surface area contributed by atoms with Crippen molar-refractivity contribution < 1.29 is 77.9 Å². The first-order valence-electron chi connectivity index (χ1n) is 11.8. The molecule has 17 heteroatoms. The number of carboxylic acid groups (broad SMARTS) is 1. The number of aliphatic hydroxyl groups is 4. The van der Waals surface area contributed by atoms with Crippen LogP contribution in [0.25, 0.3) is 0 Å². The van der Waals surface area contributed by atoms with E-state index in [1.807, 2.05) is 0 Å². The molecule has 0 spiro atoms. The summed E-state index contributed by atoms with van der Waals surface area (Å²) >= 11 is 0. The lowest BCUT2D eigenvalue weighted by atomic mass is 9.84. The van der Waals surface area contributed by atoms with Crippen LogP contribution in [0.1, 0.15) is 27.7 Å². The third-order valence-corrected chi connectivity index (χ3v) is 5.88. The molecule has 2 aliphatic heterocycles. The van der Waals surface area contributed by atoms with Crippen LogP contribution >= 0.6 is 0 Å². The average molecular weight is 567 g/mol. The molecule has 17 nitrogen and oxygen atoms in total.